The fourth-order valence-corrected chi connectivity index (χ4v) is 7.29. The molecule has 6 rings (SSSR count). The van der Waals surface area contributed by atoms with Crippen molar-refractivity contribution < 1.29 is 4.79 Å². The minimum atomic E-state index is -0.238. The van der Waals surface area contributed by atoms with Crippen LogP contribution < -0.4 is 24.7 Å². The average Bonchev–Trinajstić information content (AvgIpc) is 3.54. The molecule has 0 saturated heterocycles. The normalized spacial score (nSPS) is 17.9. The first kappa shape index (κ1) is 23.5. The van der Waals surface area contributed by atoms with Crippen molar-refractivity contribution in [1.29, 1.82) is 0 Å². The van der Waals surface area contributed by atoms with E-state index in [9.17, 15) is 9.59 Å². The third kappa shape index (κ3) is 3.84. The van der Waals surface area contributed by atoms with E-state index in [1.54, 1.807) is 16.3 Å². The lowest BCUT2D eigenvalue weighted by Gasteiger charge is -2.16. The van der Waals surface area contributed by atoms with Crippen LogP contribution in [0.5, 0.6) is 0 Å². The molecule has 0 saturated carbocycles. The van der Waals surface area contributed by atoms with E-state index in [1.165, 1.54) is 16.3 Å². The number of hydrogen-bond acceptors (Lipinski definition) is 6. The summed E-state index contributed by atoms with van der Waals surface area (Å²) in [4.78, 5) is 31.2. The van der Waals surface area contributed by atoms with Crippen molar-refractivity contribution in [3.8, 4) is 5.69 Å². The molecule has 3 heterocycles. The molecule has 0 fully saturated rings. The maximum Gasteiger partial charge on any atom is 0.283 e. The molecule has 0 unspecified atom stereocenters. The van der Waals surface area contributed by atoms with Crippen molar-refractivity contribution in [1.82, 2.24) is 4.57 Å². The van der Waals surface area contributed by atoms with Gasteiger partial charge >= 0.3 is 0 Å². The standard InChI is InChI=1S/C29H24N4O2S2/c1-4-31-22-15-8-9-16-23(22)36-29(31)25-27(35)32(21-14-10-11-18(2)17-21)28(37-25)24-19(3)30-33(26(24)34)20-12-6-5-7-13-20/h5-17H,4H2,1-3H3. The number of amides is 1. The minimum absolute atomic E-state index is 0.134. The van der Waals surface area contributed by atoms with Crippen molar-refractivity contribution in [2.24, 2.45) is 5.10 Å². The molecule has 2 aliphatic heterocycles. The Kier molecular flexibility index (Phi) is 5.85. The number of thiazole rings is 1. The maximum absolute atomic E-state index is 14.2. The molecule has 8 heteroatoms. The van der Waals surface area contributed by atoms with Gasteiger partial charge in [-0.3, -0.25) is 14.2 Å². The smallest absolute Gasteiger partial charge is 0.283 e. The average molecular weight is 525 g/mol. The zero-order valence-electron chi connectivity index (χ0n) is 20.6. The topological polar surface area (TPSA) is 57.9 Å². The molecule has 1 aromatic heterocycles. The second-order valence-corrected chi connectivity index (χ2v) is 10.9. The molecule has 0 radical (unpaired) electrons. The number of carbonyl (C=O) groups is 1. The highest BCUT2D eigenvalue weighted by Crippen LogP contribution is 2.45. The molecule has 6 nitrogen and oxygen atoms in total. The van der Waals surface area contributed by atoms with E-state index < -0.39 is 0 Å². The quantitative estimate of drug-likeness (QED) is 0.397. The summed E-state index contributed by atoms with van der Waals surface area (Å²) in [7, 11) is 0. The summed E-state index contributed by atoms with van der Waals surface area (Å²) in [6.07, 6.45) is 0. The molecule has 37 heavy (non-hydrogen) atoms. The molecule has 0 N–H and O–H groups in total. The molecule has 0 bridgehead atoms. The van der Waals surface area contributed by atoms with Crippen molar-refractivity contribution in [2.75, 3.05) is 16.5 Å². The molecule has 2 aliphatic rings. The van der Waals surface area contributed by atoms with E-state index in [-0.39, 0.29) is 11.5 Å². The molecule has 184 valence electrons. The Morgan fingerprint density at radius 1 is 0.865 bits per heavy atom. The summed E-state index contributed by atoms with van der Waals surface area (Å²) < 4.78 is 2.89. The first-order valence-electron chi connectivity index (χ1n) is 12.0. The number of hydrazone groups is 1. The molecular weight excluding hydrogens is 500 g/mol. The maximum atomic E-state index is 14.2. The Labute approximate surface area is 222 Å². The Morgan fingerprint density at radius 2 is 1.59 bits per heavy atom. The Balaban J connectivity index is 1.66. The van der Waals surface area contributed by atoms with Crippen molar-refractivity contribution in [3.05, 3.63) is 104 Å². The Morgan fingerprint density at radius 3 is 2.35 bits per heavy atom. The SMILES string of the molecule is CCN1C(=c2sc(=C3C(=O)N(c4ccccc4)N=C3C)n(-c3cccc(C)c3)c2=O)Sc2ccccc21. The van der Waals surface area contributed by atoms with Crippen LogP contribution in [0.3, 0.4) is 0 Å². The number of fused-ring (bicyclic) bond motifs is 1. The number of rotatable bonds is 3. The fourth-order valence-electron chi connectivity index (χ4n) is 4.69. The zero-order valence-corrected chi connectivity index (χ0v) is 22.3. The van der Waals surface area contributed by atoms with E-state index in [1.807, 2.05) is 80.6 Å². The lowest BCUT2D eigenvalue weighted by atomic mass is 10.2. The first-order valence-corrected chi connectivity index (χ1v) is 13.7. The zero-order chi connectivity index (χ0) is 25.7. The van der Waals surface area contributed by atoms with E-state index in [0.717, 1.165) is 33.4 Å². The van der Waals surface area contributed by atoms with Crippen molar-refractivity contribution in [3.63, 3.8) is 0 Å². The van der Waals surface area contributed by atoms with Crippen LogP contribution in [0.25, 0.3) is 16.3 Å². The van der Waals surface area contributed by atoms with Crippen LogP contribution in [0.4, 0.5) is 11.4 Å². The van der Waals surface area contributed by atoms with E-state index in [4.69, 9.17) is 0 Å². The van der Waals surface area contributed by atoms with Gasteiger partial charge in [0.25, 0.3) is 11.5 Å². The summed E-state index contributed by atoms with van der Waals surface area (Å²) in [6, 6.07) is 25.4. The highest BCUT2D eigenvalue weighted by atomic mass is 32.2. The lowest BCUT2D eigenvalue weighted by Crippen LogP contribution is -2.35. The third-order valence-corrected chi connectivity index (χ3v) is 8.87. The van der Waals surface area contributed by atoms with E-state index in [2.05, 4.69) is 29.1 Å². The summed E-state index contributed by atoms with van der Waals surface area (Å²) in [5, 5.41) is 6.89. The van der Waals surface area contributed by atoms with Gasteiger partial charge in [0.1, 0.15) is 14.2 Å². The van der Waals surface area contributed by atoms with E-state index in [0.29, 0.717) is 26.2 Å². The van der Waals surface area contributed by atoms with Gasteiger partial charge in [0, 0.05) is 11.4 Å². The monoisotopic (exact) mass is 524 g/mol. The summed E-state index contributed by atoms with van der Waals surface area (Å²) in [5.41, 5.74) is 4.46. The van der Waals surface area contributed by atoms with Crippen molar-refractivity contribution >= 4 is 56.7 Å². The molecule has 0 atom stereocenters. The molecule has 0 spiro atoms. The number of nitrogens with zero attached hydrogens (tertiary/aromatic N) is 4. The van der Waals surface area contributed by atoms with Gasteiger partial charge in [0.05, 0.1) is 28.3 Å². The summed E-state index contributed by atoms with van der Waals surface area (Å²) >= 11 is 2.96. The second-order valence-electron chi connectivity index (χ2n) is 8.85. The van der Waals surface area contributed by atoms with Crippen LogP contribution in [-0.2, 0) is 4.79 Å². The van der Waals surface area contributed by atoms with Gasteiger partial charge < -0.3 is 4.90 Å². The summed E-state index contributed by atoms with van der Waals surface area (Å²) in [5.74, 6) is -0.238. The largest absolute Gasteiger partial charge is 0.334 e. The van der Waals surface area contributed by atoms with Crippen LogP contribution in [0.1, 0.15) is 19.4 Å². The number of carbonyl (C=O) groups excluding carboxylic acids is 1. The van der Waals surface area contributed by atoms with Crippen LogP contribution in [0, 0.1) is 6.92 Å². The number of aryl methyl sites for hydroxylation is 1. The third-order valence-electron chi connectivity index (χ3n) is 6.41. The fraction of sp³-hybridized carbons (Fsp3) is 0.138. The van der Waals surface area contributed by atoms with Gasteiger partial charge in [0.2, 0.25) is 0 Å². The minimum Gasteiger partial charge on any atom is -0.334 e. The molecule has 3 aromatic carbocycles. The van der Waals surface area contributed by atoms with Crippen molar-refractivity contribution in [2.45, 2.75) is 25.7 Å². The Hall–Kier alpha value is -3.88. The van der Waals surface area contributed by atoms with Gasteiger partial charge in [-0.25, -0.2) is 0 Å². The van der Waals surface area contributed by atoms with Crippen LogP contribution in [-0.4, -0.2) is 22.7 Å². The molecule has 0 aliphatic carbocycles. The predicted molar refractivity (Wildman–Crippen MR) is 153 cm³/mol. The molecule has 1 amide bonds. The van der Waals surface area contributed by atoms with Gasteiger partial charge in [-0.05, 0) is 62.7 Å². The number of aromatic nitrogens is 1. The highest BCUT2D eigenvalue weighted by Gasteiger charge is 2.32. The van der Waals surface area contributed by atoms with Gasteiger partial charge in [0.15, 0.2) is 0 Å². The summed E-state index contributed by atoms with van der Waals surface area (Å²) in [6.45, 7) is 6.64. The Bertz CT molecular complexity index is 1770. The molecular formula is C29H24N4O2S2. The van der Waals surface area contributed by atoms with Gasteiger partial charge in [-0.2, -0.15) is 10.1 Å². The number of para-hydroxylation sites is 2. The van der Waals surface area contributed by atoms with Crippen LogP contribution in [0.2, 0.25) is 0 Å². The molecule has 4 aromatic rings. The lowest BCUT2D eigenvalue weighted by molar-refractivity contribution is -0.112. The highest BCUT2D eigenvalue weighted by molar-refractivity contribution is 8.08. The predicted octanol–water partition coefficient (Wildman–Crippen LogP) is 4.48. The number of thioether (sulfide) groups is 1. The number of hydrogen-bond donors (Lipinski definition) is 0. The second kappa shape index (κ2) is 9.21. The number of benzene rings is 3. The number of anilines is 2. The van der Waals surface area contributed by atoms with Crippen LogP contribution >= 0.6 is 23.1 Å². The van der Waals surface area contributed by atoms with Gasteiger partial charge in [-0.1, -0.05) is 54.2 Å². The van der Waals surface area contributed by atoms with Crippen LogP contribution in [0.15, 0.2) is 93.7 Å². The first-order chi connectivity index (χ1) is 18.0. The van der Waals surface area contributed by atoms with Gasteiger partial charge in [-0.15, -0.1) is 11.3 Å². The van der Waals surface area contributed by atoms with E-state index >= 15 is 0 Å².